The zero-order valence-electron chi connectivity index (χ0n) is 17.5. The van der Waals surface area contributed by atoms with Crippen molar-refractivity contribution >= 4 is 39.2 Å². The maximum Gasteiger partial charge on any atom is 0.340 e. The quantitative estimate of drug-likeness (QED) is 0.465. The Morgan fingerprint density at radius 1 is 1.03 bits per heavy atom. The minimum atomic E-state index is -4.04. The standard InChI is InChI=1S/C23H21ClN2O6S/c1-15(32-23(28)20-13-19(33(25,29)30)11-12-21(20)24)22(27)26-17-7-9-18(10-8-17)31-14-16-5-3-2-4-6-16/h2-13,15H,14H2,1H3,(H,26,27)(H2,25,29,30). The van der Waals surface area contributed by atoms with Crippen LogP contribution in [0.4, 0.5) is 5.69 Å². The predicted octanol–water partition coefficient (Wildman–Crippen LogP) is 3.75. The summed E-state index contributed by atoms with van der Waals surface area (Å²) >= 11 is 5.96. The number of esters is 1. The van der Waals surface area contributed by atoms with Gasteiger partial charge in [-0.25, -0.2) is 18.4 Å². The third-order valence-corrected chi connectivity index (χ3v) is 5.75. The molecule has 0 aliphatic rings. The summed E-state index contributed by atoms with van der Waals surface area (Å²) < 4.78 is 33.8. The lowest BCUT2D eigenvalue weighted by Crippen LogP contribution is -2.30. The molecular formula is C23H21ClN2O6S. The number of rotatable bonds is 8. The largest absolute Gasteiger partial charge is 0.489 e. The molecule has 1 unspecified atom stereocenters. The van der Waals surface area contributed by atoms with Crippen LogP contribution >= 0.6 is 11.6 Å². The van der Waals surface area contributed by atoms with E-state index in [1.54, 1.807) is 24.3 Å². The number of sulfonamides is 1. The van der Waals surface area contributed by atoms with Crippen LogP contribution < -0.4 is 15.2 Å². The normalized spacial score (nSPS) is 12.0. The number of carbonyl (C=O) groups is 2. The molecular weight excluding hydrogens is 468 g/mol. The van der Waals surface area contributed by atoms with Gasteiger partial charge in [0.15, 0.2) is 6.10 Å². The molecule has 0 heterocycles. The fourth-order valence-electron chi connectivity index (χ4n) is 2.73. The van der Waals surface area contributed by atoms with Crippen LogP contribution in [0.25, 0.3) is 0 Å². The number of anilines is 1. The van der Waals surface area contributed by atoms with Gasteiger partial charge in [-0.1, -0.05) is 41.9 Å². The molecule has 0 spiro atoms. The van der Waals surface area contributed by atoms with E-state index in [1.807, 2.05) is 30.3 Å². The SMILES string of the molecule is CC(OC(=O)c1cc(S(N)(=O)=O)ccc1Cl)C(=O)Nc1ccc(OCc2ccccc2)cc1. The van der Waals surface area contributed by atoms with E-state index >= 15 is 0 Å². The van der Waals surface area contributed by atoms with Crippen molar-refractivity contribution in [3.63, 3.8) is 0 Å². The van der Waals surface area contributed by atoms with Gasteiger partial charge in [-0.05, 0) is 55.0 Å². The van der Waals surface area contributed by atoms with Gasteiger partial charge in [0.2, 0.25) is 10.0 Å². The van der Waals surface area contributed by atoms with Crippen LogP contribution in [0.3, 0.4) is 0 Å². The van der Waals surface area contributed by atoms with Crippen molar-refractivity contribution < 1.29 is 27.5 Å². The molecule has 3 aromatic carbocycles. The van der Waals surface area contributed by atoms with Crippen LogP contribution in [-0.2, 0) is 26.2 Å². The summed E-state index contributed by atoms with van der Waals surface area (Å²) in [5, 5.41) is 7.67. The van der Waals surface area contributed by atoms with Crippen molar-refractivity contribution in [3.8, 4) is 5.75 Å². The highest BCUT2D eigenvalue weighted by Gasteiger charge is 2.22. The summed E-state index contributed by atoms with van der Waals surface area (Å²) in [7, 11) is -4.04. The Bertz CT molecular complexity index is 1250. The van der Waals surface area contributed by atoms with Crippen LogP contribution in [0.1, 0.15) is 22.8 Å². The highest BCUT2D eigenvalue weighted by atomic mass is 35.5. The lowest BCUT2D eigenvalue weighted by atomic mass is 10.2. The molecule has 0 radical (unpaired) electrons. The Kier molecular flexibility index (Phi) is 7.70. The average Bonchev–Trinajstić information content (AvgIpc) is 2.78. The maximum absolute atomic E-state index is 12.4. The zero-order valence-corrected chi connectivity index (χ0v) is 19.1. The van der Waals surface area contributed by atoms with E-state index in [4.69, 9.17) is 26.2 Å². The van der Waals surface area contributed by atoms with Gasteiger partial charge in [-0.2, -0.15) is 0 Å². The summed E-state index contributed by atoms with van der Waals surface area (Å²) in [4.78, 5) is 24.5. The number of amides is 1. The summed E-state index contributed by atoms with van der Waals surface area (Å²) in [6, 6.07) is 19.8. The lowest BCUT2D eigenvalue weighted by molar-refractivity contribution is -0.123. The van der Waals surface area contributed by atoms with E-state index in [9.17, 15) is 18.0 Å². The number of nitrogens with two attached hydrogens (primary N) is 1. The van der Waals surface area contributed by atoms with Gasteiger partial charge in [-0.15, -0.1) is 0 Å². The molecule has 3 aromatic rings. The van der Waals surface area contributed by atoms with Gasteiger partial charge in [0, 0.05) is 5.69 Å². The van der Waals surface area contributed by atoms with Crippen molar-refractivity contribution in [2.75, 3.05) is 5.32 Å². The number of hydrogen-bond acceptors (Lipinski definition) is 6. The van der Waals surface area contributed by atoms with Crippen LogP contribution in [-0.4, -0.2) is 26.4 Å². The molecule has 0 aliphatic heterocycles. The minimum Gasteiger partial charge on any atom is -0.489 e. The second kappa shape index (κ2) is 10.5. The Morgan fingerprint density at radius 2 is 1.70 bits per heavy atom. The Hall–Kier alpha value is -3.40. The van der Waals surface area contributed by atoms with Gasteiger partial charge in [-0.3, -0.25) is 4.79 Å². The number of carbonyl (C=O) groups excluding carboxylic acids is 2. The van der Waals surface area contributed by atoms with Crippen LogP contribution in [0.5, 0.6) is 5.75 Å². The molecule has 3 rings (SSSR count). The summed E-state index contributed by atoms with van der Waals surface area (Å²) in [6.45, 7) is 1.79. The van der Waals surface area contributed by atoms with Crippen LogP contribution in [0.2, 0.25) is 5.02 Å². The van der Waals surface area contributed by atoms with Crippen molar-refractivity contribution in [2.24, 2.45) is 5.14 Å². The van der Waals surface area contributed by atoms with Crippen molar-refractivity contribution in [3.05, 3.63) is 88.9 Å². The molecule has 33 heavy (non-hydrogen) atoms. The number of halogens is 1. The van der Waals surface area contributed by atoms with Crippen LogP contribution in [0.15, 0.2) is 77.7 Å². The molecule has 0 fully saturated rings. The van der Waals surface area contributed by atoms with Gasteiger partial charge in [0.1, 0.15) is 12.4 Å². The van der Waals surface area contributed by atoms with Gasteiger partial charge in [0.25, 0.3) is 5.91 Å². The number of ether oxygens (including phenoxy) is 2. The molecule has 0 aliphatic carbocycles. The van der Waals surface area contributed by atoms with Crippen molar-refractivity contribution in [1.29, 1.82) is 0 Å². The van der Waals surface area contributed by atoms with Gasteiger partial charge < -0.3 is 14.8 Å². The number of hydrogen-bond donors (Lipinski definition) is 2. The highest BCUT2D eigenvalue weighted by Crippen LogP contribution is 2.22. The Morgan fingerprint density at radius 3 is 2.33 bits per heavy atom. The molecule has 1 atom stereocenters. The fourth-order valence-corrected chi connectivity index (χ4v) is 3.47. The Labute approximate surface area is 196 Å². The van der Waals surface area contributed by atoms with E-state index in [-0.39, 0.29) is 15.5 Å². The first-order valence-electron chi connectivity index (χ1n) is 9.74. The van der Waals surface area contributed by atoms with E-state index in [2.05, 4.69) is 5.32 Å². The van der Waals surface area contributed by atoms with E-state index in [0.717, 1.165) is 17.7 Å². The van der Waals surface area contributed by atoms with Gasteiger partial charge in [0.05, 0.1) is 15.5 Å². The molecule has 172 valence electrons. The highest BCUT2D eigenvalue weighted by molar-refractivity contribution is 7.89. The number of nitrogens with one attached hydrogen (secondary N) is 1. The molecule has 0 aromatic heterocycles. The summed E-state index contributed by atoms with van der Waals surface area (Å²) in [5.74, 6) is -0.918. The van der Waals surface area contributed by atoms with Crippen LogP contribution in [0, 0.1) is 0 Å². The first-order valence-corrected chi connectivity index (χ1v) is 11.7. The van der Waals surface area contributed by atoms with Crippen molar-refractivity contribution in [1.82, 2.24) is 0 Å². The molecule has 0 saturated heterocycles. The molecule has 1 amide bonds. The smallest absolute Gasteiger partial charge is 0.340 e. The second-order valence-corrected chi connectivity index (χ2v) is 8.99. The second-order valence-electron chi connectivity index (χ2n) is 7.02. The van der Waals surface area contributed by atoms with Crippen molar-refractivity contribution in [2.45, 2.75) is 24.5 Å². The first kappa shape index (κ1) is 24.2. The van der Waals surface area contributed by atoms with E-state index < -0.39 is 28.0 Å². The molecule has 0 bridgehead atoms. The fraction of sp³-hybridized carbons (Fsp3) is 0.130. The summed E-state index contributed by atoms with van der Waals surface area (Å²) in [6.07, 6.45) is -1.18. The Balaban J connectivity index is 1.57. The third kappa shape index (κ3) is 6.79. The molecule has 3 N–H and O–H groups in total. The monoisotopic (exact) mass is 488 g/mol. The third-order valence-electron chi connectivity index (χ3n) is 4.51. The number of benzene rings is 3. The first-order chi connectivity index (χ1) is 15.6. The maximum atomic E-state index is 12.4. The number of primary sulfonamides is 1. The predicted molar refractivity (Wildman–Crippen MR) is 124 cm³/mol. The van der Waals surface area contributed by atoms with Gasteiger partial charge >= 0.3 is 5.97 Å². The summed E-state index contributed by atoms with van der Waals surface area (Å²) in [5.41, 5.74) is 1.28. The molecule has 8 nitrogen and oxygen atoms in total. The zero-order chi connectivity index (χ0) is 24.0. The molecule has 0 saturated carbocycles. The van der Waals surface area contributed by atoms with E-state index in [0.29, 0.717) is 18.0 Å². The minimum absolute atomic E-state index is 0.0360. The lowest BCUT2D eigenvalue weighted by Gasteiger charge is -2.15. The van der Waals surface area contributed by atoms with E-state index in [1.165, 1.54) is 13.0 Å². The topological polar surface area (TPSA) is 125 Å². The molecule has 10 heteroatoms. The average molecular weight is 489 g/mol.